The van der Waals surface area contributed by atoms with Crippen LogP contribution in [0.25, 0.3) is 11.4 Å². The van der Waals surface area contributed by atoms with Gasteiger partial charge in [0.05, 0.1) is 0 Å². The molecule has 0 aliphatic rings. The van der Waals surface area contributed by atoms with Crippen LogP contribution in [0.2, 0.25) is 0 Å². The minimum Gasteiger partial charge on any atom is -0.233 e. The highest BCUT2D eigenvalue weighted by Crippen LogP contribution is 2.29. The van der Waals surface area contributed by atoms with Gasteiger partial charge in [0.1, 0.15) is 0 Å². The zero-order valence-corrected chi connectivity index (χ0v) is 15.2. The van der Waals surface area contributed by atoms with Gasteiger partial charge in [-0.3, -0.25) is 0 Å². The van der Waals surface area contributed by atoms with Gasteiger partial charge in [0.25, 0.3) is 0 Å². The lowest BCUT2D eigenvalue weighted by Gasteiger charge is -2.21. The van der Waals surface area contributed by atoms with Crippen LogP contribution in [0.1, 0.15) is 68.6 Å². The lowest BCUT2D eigenvalue weighted by Crippen LogP contribution is -2.11. The molecule has 0 saturated carbocycles. The van der Waals surface area contributed by atoms with E-state index in [1.54, 1.807) is 0 Å². The zero-order valence-electron chi connectivity index (χ0n) is 15.2. The SMILES string of the molecule is Cc1cc(C(C)(C)C)ccc1-c1nc(C)c(C(C)C)c(C)n1. The second-order valence-electron chi connectivity index (χ2n) is 7.57. The molecule has 2 nitrogen and oxygen atoms in total. The summed E-state index contributed by atoms with van der Waals surface area (Å²) in [5.41, 5.74) is 7.35. The fourth-order valence-electron chi connectivity index (χ4n) is 3.06. The maximum absolute atomic E-state index is 4.77. The zero-order chi connectivity index (χ0) is 16.7. The summed E-state index contributed by atoms with van der Waals surface area (Å²) in [5.74, 6) is 1.30. The molecule has 2 heteroatoms. The van der Waals surface area contributed by atoms with Crippen LogP contribution in [-0.2, 0) is 5.41 Å². The first-order valence-electron chi connectivity index (χ1n) is 8.08. The third-order valence-corrected chi connectivity index (χ3v) is 4.24. The normalized spacial score (nSPS) is 12.0. The molecule has 1 heterocycles. The quantitative estimate of drug-likeness (QED) is 0.732. The molecule has 0 bridgehead atoms. The van der Waals surface area contributed by atoms with Gasteiger partial charge in [0.2, 0.25) is 0 Å². The van der Waals surface area contributed by atoms with Gasteiger partial charge >= 0.3 is 0 Å². The second-order valence-corrected chi connectivity index (χ2v) is 7.57. The van der Waals surface area contributed by atoms with Crippen molar-refractivity contribution in [2.24, 2.45) is 0 Å². The fourth-order valence-corrected chi connectivity index (χ4v) is 3.06. The molecular formula is C20H28N2. The van der Waals surface area contributed by atoms with Crippen LogP contribution in [-0.4, -0.2) is 9.97 Å². The predicted octanol–water partition coefficient (Wildman–Crippen LogP) is 5.49. The van der Waals surface area contributed by atoms with Gasteiger partial charge < -0.3 is 0 Å². The molecule has 0 aliphatic carbocycles. The first-order chi connectivity index (χ1) is 10.1. The number of rotatable bonds is 2. The summed E-state index contributed by atoms with van der Waals surface area (Å²) < 4.78 is 0. The molecule has 1 aromatic heterocycles. The largest absolute Gasteiger partial charge is 0.233 e. The summed E-state index contributed by atoms with van der Waals surface area (Å²) in [6, 6.07) is 6.63. The van der Waals surface area contributed by atoms with Crippen molar-refractivity contribution in [3.05, 3.63) is 46.3 Å². The Morgan fingerprint density at radius 1 is 0.909 bits per heavy atom. The molecule has 2 aromatic rings. The van der Waals surface area contributed by atoms with Crippen LogP contribution in [0.4, 0.5) is 0 Å². The standard InChI is InChI=1S/C20H28N2/c1-12(2)18-14(4)21-19(22-15(18)5)17-10-9-16(11-13(17)3)20(6,7)8/h9-12H,1-8H3. The number of benzene rings is 1. The Balaban J connectivity index is 2.54. The molecule has 0 saturated heterocycles. The van der Waals surface area contributed by atoms with E-state index in [-0.39, 0.29) is 5.41 Å². The minimum absolute atomic E-state index is 0.164. The van der Waals surface area contributed by atoms with Crippen molar-refractivity contribution in [3.63, 3.8) is 0 Å². The molecule has 0 N–H and O–H groups in total. The highest BCUT2D eigenvalue weighted by molar-refractivity contribution is 5.61. The Labute approximate surface area is 135 Å². The Hall–Kier alpha value is -1.70. The molecule has 0 fully saturated rings. The average molecular weight is 296 g/mol. The van der Waals surface area contributed by atoms with Crippen molar-refractivity contribution >= 4 is 0 Å². The maximum Gasteiger partial charge on any atom is 0.159 e. The van der Waals surface area contributed by atoms with Gasteiger partial charge in [-0.05, 0) is 48.8 Å². The van der Waals surface area contributed by atoms with Gasteiger partial charge in [-0.15, -0.1) is 0 Å². The number of hydrogen-bond donors (Lipinski definition) is 0. The van der Waals surface area contributed by atoms with E-state index >= 15 is 0 Å². The summed E-state index contributed by atoms with van der Waals surface area (Å²) in [6.45, 7) is 17.4. The van der Waals surface area contributed by atoms with Gasteiger partial charge in [-0.1, -0.05) is 52.8 Å². The maximum atomic E-state index is 4.77. The van der Waals surface area contributed by atoms with Crippen LogP contribution in [0.5, 0.6) is 0 Å². The van der Waals surface area contributed by atoms with Crippen LogP contribution in [0.15, 0.2) is 18.2 Å². The highest BCUT2D eigenvalue weighted by atomic mass is 14.9. The number of aromatic nitrogens is 2. The average Bonchev–Trinajstić information content (AvgIpc) is 2.35. The van der Waals surface area contributed by atoms with Crippen molar-refractivity contribution in [1.29, 1.82) is 0 Å². The van der Waals surface area contributed by atoms with Crippen molar-refractivity contribution in [2.45, 2.75) is 66.7 Å². The van der Waals surface area contributed by atoms with Crippen LogP contribution < -0.4 is 0 Å². The monoisotopic (exact) mass is 296 g/mol. The summed E-state index contributed by atoms with van der Waals surface area (Å²) >= 11 is 0. The molecule has 118 valence electrons. The van der Waals surface area contributed by atoms with Gasteiger partial charge in [0.15, 0.2) is 5.82 Å². The second kappa shape index (κ2) is 5.83. The van der Waals surface area contributed by atoms with E-state index in [1.165, 1.54) is 16.7 Å². The van der Waals surface area contributed by atoms with E-state index in [4.69, 9.17) is 9.97 Å². The Morgan fingerprint density at radius 2 is 1.45 bits per heavy atom. The van der Waals surface area contributed by atoms with Crippen LogP contribution >= 0.6 is 0 Å². The van der Waals surface area contributed by atoms with E-state index < -0.39 is 0 Å². The predicted molar refractivity (Wildman–Crippen MR) is 94.5 cm³/mol. The molecule has 0 atom stereocenters. The Kier molecular flexibility index (Phi) is 4.42. The summed E-state index contributed by atoms with van der Waals surface area (Å²) in [4.78, 5) is 9.53. The molecule has 0 radical (unpaired) electrons. The van der Waals surface area contributed by atoms with Crippen molar-refractivity contribution in [1.82, 2.24) is 9.97 Å². The molecule has 0 aliphatic heterocycles. The molecule has 2 rings (SSSR count). The van der Waals surface area contributed by atoms with Crippen molar-refractivity contribution in [3.8, 4) is 11.4 Å². The van der Waals surface area contributed by atoms with Gasteiger partial charge in [-0.2, -0.15) is 0 Å². The van der Waals surface area contributed by atoms with Gasteiger partial charge in [0, 0.05) is 17.0 Å². The van der Waals surface area contributed by atoms with Crippen LogP contribution in [0, 0.1) is 20.8 Å². The number of aryl methyl sites for hydroxylation is 3. The third kappa shape index (κ3) is 3.21. The summed E-state index contributed by atoms with van der Waals surface area (Å²) in [6.07, 6.45) is 0. The summed E-state index contributed by atoms with van der Waals surface area (Å²) in [5, 5.41) is 0. The first kappa shape index (κ1) is 16.7. The van der Waals surface area contributed by atoms with Crippen molar-refractivity contribution in [2.75, 3.05) is 0 Å². The van der Waals surface area contributed by atoms with Crippen LogP contribution in [0.3, 0.4) is 0 Å². The number of nitrogens with zero attached hydrogens (tertiary/aromatic N) is 2. The van der Waals surface area contributed by atoms with E-state index in [0.717, 1.165) is 22.8 Å². The third-order valence-electron chi connectivity index (χ3n) is 4.24. The van der Waals surface area contributed by atoms with E-state index in [1.807, 2.05) is 0 Å². The van der Waals surface area contributed by atoms with E-state index in [9.17, 15) is 0 Å². The molecule has 1 aromatic carbocycles. The smallest absolute Gasteiger partial charge is 0.159 e. The first-order valence-corrected chi connectivity index (χ1v) is 8.08. The number of hydrogen-bond acceptors (Lipinski definition) is 2. The fraction of sp³-hybridized carbons (Fsp3) is 0.500. The van der Waals surface area contributed by atoms with E-state index in [0.29, 0.717) is 5.92 Å². The molecule has 22 heavy (non-hydrogen) atoms. The van der Waals surface area contributed by atoms with E-state index in [2.05, 4.69) is 73.6 Å². The minimum atomic E-state index is 0.164. The topological polar surface area (TPSA) is 25.8 Å². The Bertz CT molecular complexity index is 668. The molecular weight excluding hydrogens is 268 g/mol. The Morgan fingerprint density at radius 3 is 1.86 bits per heavy atom. The van der Waals surface area contributed by atoms with Gasteiger partial charge in [-0.25, -0.2) is 9.97 Å². The lowest BCUT2D eigenvalue weighted by atomic mass is 9.85. The lowest BCUT2D eigenvalue weighted by molar-refractivity contribution is 0.590. The highest BCUT2D eigenvalue weighted by Gasteiger charge is 2.17. The van der Waals surface area contributed by atoms with Crippen molar-refractivity contribution < 1.29 is 0 Å². The molecule has 0 spiro atoms. The molecule has 0 amide bonds. The molecule has 0 unspecified atom stereocenters. The summed E-state index contributed by atoms with van der Waals surface area (Å²) in [7, 11) is 0.